The number of hydrogen-bond acceptors (Lipinski definition) is 1. The van der Waals surface area contributed by atoms with Crippen molar-refractivity contribution in [2.45, 2.75) is 50.4 Å². The molecule has 0 radical (unpaired) electrons. The quantitative estimate of drug-likeness (QED) is 0.662. The molecule has 1 aliphatic carbocycles. The molecule has 0 aromatic rings. The second-order valence-corrected chi connectivity index (χ2v) is 3.89. The minimum Gasteiger partial charge on any atom is -0.352 e. The number of amides is 1. The SMILES string of the molecule is CCC(=O)N[C@@H]1CCCC[C@H]1Cl. The summed E-state index contributed by atoms with van der Waals surface area (Å²) in [5.41, 5.74) is 0. The van der Waals surface area contributed by atoms with Crippen LogP contribution in [0.15, 0.2) is 0 Å². The second-order valence-electron chi connectivity index (χ2n) is 3.33. The highest BCUT2D eigenvalue weighted by atomic mass is 35.5. The lowest BCUT2D eigenvalue weighted by Gasteiger charge is -2.27. The average molecular weight is 190 g/mol. The summed E-state index contributed by atoms with van der Waals surface area (Å²) in [6, 6.07) is 0.216. The Balaban J connectivity index is 2.33. The van der Waals surface area contributed by atoms with Gasteiger partial charge in [-0.15, -0.1) is 11.6 Å². The lowest BCUT2D eigenvalue weighted by molar-refractivity contribution is -0.121. The molecule has 12 heavy (non-hydrogen) atoms. The summed E-state index contributed by atoms with van der Waals surface area (Å²) in [6.07, 6.45) is 5.03. The minimum absolute atomic E-state index is 0.118. The zero-order chi connectivity index (χ0) is 8.97. The number of carbonyl (C=O) groups is 1. The molecule has 1 aliphatic rings. The van der Waals surface area contributed by atoms with Gasteiger partial charge in [0.05, 0.1) is 5.38 Å². The van der Waals surface area contributed by atoms with Crippen molar-refractivity contribution in [2.75, 3.05) is 0 Å². The number of rotatable bonds is 2. The highest BCUT2D eigenvalue weighted by Gasteiger charge is 2.23. The van der Waals surface area contributed by atoms with Crippen LogP contribution >= 0.6 is 11.6 Å². The van der Waals surface area contributed by atoms with Crippen LogP contribution < -0.4 is 5.32 Å². The summed E-state index contributed by atoms with van der Waals surface area (Å²) in [6.45, 7) is 1.86. The summed E-state index contributed by atoms with van der Waals surface area (Å²) in [7, 11) is 0. The molecule has 1 amide bonds. The molecule has 1 saturated carbocycles. The van der Waals surface area contributed by atoms with E-state index in [-0.39, 0.29) is 17.3 Å². The first-order chi connectivity index (χ1) is 5.74. The molecule has 0 heterocycles. The largest absolute Gasteiger partial charge is 0.352 e. The molecule has 3 heteroatoms. The van der Waals surface area contributed by atoms with E-state index in [0.717, 1.165) is 12.8 Å². The zero-order valence-corrected chi connectivity index (χ0v) is 8.23. The van der Waals surface area contributed by atoms with E-state index in [4.69, 9.17) is 11.6 Å². The van der Waals surface area contributed by atoms with Crippen molar-refractivity contribution in [3.05, 3.63) is 0 Å². The Hall–Kier alpha value is -0.240. The molecule has 2 atom stereocenters. The van der Waals surface area contributed by atoms with Gasteiger partial charge < -0.3 is 5.32 Å². The van der Waals surface area contributed by atoms with Gasteiger partial charge in [0, 0.05) is 12.5 Å². The van der Waals surface area contributed by atoms with Crippen molar-refractivity contribution in [2.24, 2.45) is 0 Å². The van der Waals surface area contributed by atoms with Gasteiger partial charge in [-0.25, -0.2) is 0 Å². The van der Waals surface area contributed by atoms with Gasteiger partial charge in [0.15, 0.2) is 0 Å². The fourth-order valence-electron chi connectivity index (χ4n) is 1.56. The molecule has 0 aromatic heterocycles. The second kappa shape index (κ2) is 4.70. The predicted molar refractivity (Wildman–Crippen MR) is 50.3 cm³/mol. The summed E-state index contributed by atoms with van der Waals surface area (Å²) in [4.78, 5) is 11.1. The molecule has 0 spiro atoms. The molecule has 2 nitrogen and oxygen atoms in total. The van der Waals surface area contributed by atoms with Gasteiger partial charge in [-0.05, 0) is 12.8 Å². The molecule has 1 N–H and O–H groups in total. The van der Waals surface area contributed by atoms with E-state index in [1.54, 1.807) is 0 Å². The maximum Gasteiger partial charge on any atom is 0.219 e. The van der Waals surface area contributed by atoms with Gasteiger partial charge >= 0.3 is 0 Å². The number of hydrogen-bond donors (Lipinski definition) is 1. The standard InChI is InChI=1S/C9H16ClNO/c1-2-9(12)11-8-6-4-3-5-7(8)10/h7-8H,2-6H2,1H3,(H,11,12)/t7-,8-/m1/s1. The Morgan fingerprint density at radius 2 is 2.17 bits per heavy atom. The van der Waals surface area contributed by atoms with Crippen molar-refractivity contribution in [1.29, 1.82) is 0 Å². The number of alkyl halides is 1. The Morgan fingerprint density at radius 3 is 2.75 bits per heavy atom. The van der Waals surface area contributed by atoms with Crippen LogP contribution in [-0.2, 0) is 4.79 Å². The lowest BCUT2D eigenvalue weighted by Crippen LogP contribution is -2.42. The van der Waals surface area contributed by atoms with Gasteiger partial charge in [-0.3, -0.25) is 4.79 Å². The monoisotopic (exact) mass is 189 g/mol. The van der Waals surface area contributed by atoms with Crippen LogP contribution in [0.2, 0.25) is 0 Å². The van der Waals surface area contributed by atoms with Crippen LogP contribution in [0.25, 0.3) is 0 Å². The van der Waals surface area contributed by atoms with Crippen molar-refractivity contribution in [3.63, 3.8) is 0 Å². The van der Waals surface area contributed by atoms with Crippen LogP contribution in [0.3, 0.4) is 0 Å². The van der Waals surface area contributed by atoms with Gasteiger partial charge in [0.1, 0.15) is 0 Å². The average Bonchev–Trinajstić information content (AvgIpc) is 2.09. The third-order valence-electron chi connectivity index (χ3n) is 2.35. The highest BCUT2D eigenvalue weighted by molar-refractivity contribution is 6.21. The molecular formula is C9H16ClNO. The third kappa shape index (κ3) is 2.67. The summed E-state index contributed by atoms with van der Waals surface area (Å²) in [5, 5.41) is 3.09. The number of carbonyl (C=O) groups excluding carboxylic acids is 1. The first-order valence-electron chi connectivity index (χ1n) is 4.67. The third-order valence-corrected chi connectivity index (χ3v) is 2.87. The number of nitrogens with one attached hydrogen (secondary N) is 1. The summed E-state index contributed by atoms with van der Waals surface area (Å²) in [5.74, 6) is 0.118. The lowest BCUT2D eigenvalue weighted by atomic mass is 9.95. The fraction of sp³-hybridized carbons (Fsp3) is 0.889. The molecule has 0 aromatic carbocycles. The van der Waals surface area contributed by atoms with E-state index >= 15 is 0 Å². The zero-order valence-electron chi connectivity index (χ0n) is 7.48. The molecule has 0 bridgehead atoms. The van der Waals surface area contributed by atoms with Gasteiger partial charge in [-0.2, -0.15) is 0 Å². The molecular weight excluding hydrogens is 174 g/mol. The van der Waals surface area contributed by atoms with E-state index in [0.29, 0.717) is 6.42 Å². The van der Waals surface area contributed by atoms with Crippen molar-refractivity contribution >= 4 is 17.5 Å². The van der Waals surface area contributed by atoms with E-state index in [1.165, 1.54) is 12.8 Å². The first kappa shape index (κ1) is 9.85. The molecule has 1 fully saturated rings. The van der Waals surface area contributed by atoms with Crippen molar-refractivity contribution < 1.29 is 4.79 Å². The van der Waals surface area contributed by atoms with Crippen LogP contribution in [0.4, 0.5) is 0 Å². The van der Waals surface area contributed by atoms with E-state index in [9.17, 15) is 4.79 Å². The Morgan fingerprint density at radius 1 is 1.50 bits per heavy atom. The van der Waals surface area contributed by atoms with Gasteiger partial charge in [-0.1, -0.05) is 19.8 Å². The Kier molecular flexibility index (Phi) is 3.86. The molecule has 0 aliphatic heterocycles. The Labute approximate surface area is 78.7 Å². The minimum atomic E-state index is 0.118. The molecule has 0 unspecified atom stereocenters. The van der Waals surface area contributed by atoms with Crippen LogP contribution in [-0.4, -0.2) is 17.3 Å². The van der Waals surface area contributed by atoms with Crippen LogP contribution in [0, 0.1) is 0 Å². The molecule has 70 valence electrons. The van der Waals surface area contributed by atoms with E-state index in [2.05, 4.69) is 5.32 Å². The van der Waals surface area contributed by atoms with Crippen LogP contribution in [0.5, 0.6) is 0 Å². The fourth-order valence-corrected chi connectivity index (χ4v) is 1.90. The maximum atomic E-state index is 11.1. The topological polar surface area (TPSA) is 29.1 Å². The summed E-state index contributed by atoms with van der Waals surface area (Å²) >= 11 is 6.07. The predicted octanol–water partition coefficient (Wildman–Crippen LogP) is 2.06. The molecule has 1 rings (SSSR count). The summed E-state index contributed by atoms with van der Waals surface area (Å²) < 4.78 is 0. The highest BCUT2D eigenvalue weighted by Crippen LogP contribution is 2.22. The van der Waals surface area contributed by atoms with E-state index < -0.39 is 0 Å². The van der Waals surface area contributed by atoms with Gasteiger partial charge in [0.2, 0.25) is 5.91 Å². The van der Waals surface area contributed by atoms with E-state index in [1.807, 2.05) is 6.92 Å². The van der Waals surface area contributed by atoms with Crippen molar-refractivity contribution in [3.8, 4) is 0 Å². The number of halogens is 1. The maximum absolute atomic E-state index is 11.1. The van der Waals surface area contributed by atoms with Gasteiger partial charge in [0.25, 0.3) is 0 Å². The normalized spacial score (nSPS) is 29.8. The Bertz CT molecular complexity index is 161. The van der Waals surface area contributed by atoms with Crippen molar-refractivity contribution in [1.82, 2.24) is 5.32 Å². The first-order valence-corrected chi connectivity index (χ1v) is 5.11. The van der Waals surface area contributed by atoms with Crippen LogP contribution in [0.1, 0.15) is 39.0 Å². The molecule has 0 saturated heterocycles. The smallest absolute Gasteiger partial charge is 0.219 e.